The molecule has 0 spiro atoms. The van der Waals surface area contributed by atoms with Gasteiger partial charge in [-0.1, -0.05) is 18.5 Å². The van der Waals surface area contributed by atoms with Crippen LogP contribution in [-0.2, 0) is 19.3 Å². The lowest BCUT2D eigenvalue weighted by Gasteiger charge is -2.13. The van der Waals surface area contributed by atoms with E-state index in [-0.39, 0.29) is 5.02 Å². The van der Waals surface area contributed by atoms with Crippen molar-refractivity contribution >= 4 is 17.3 Å². The normalized spacial score (nSPS) is 11.7. The summed E-state index contributed by atoms with van der Waals surface area (Å²) in [6.07, 6.45) is -1.48. The number of halogens is 4. The van der Waals surface area contributed by atoms with Gasteiger partial charge in [-0.05, 0) is 36.8 Å². The van der Waals surface area contributed by atoms with Gasteiger partial charge in [-0.15, -0.1) is 0 Å². The molecule has 0 saturated heterocycles. The number of nitrogens with zero attached hydrogens (tertiary/aromatic N) is 1. The second kappa shape index (κ2) is 6.43. The molecular weight excluding hydrogens is 301 g/mol. The lowest BCUT2D eigenvalue weighted by Crippen LogP contribution is -2.09. The smallest absolute Gasteiger partial charge is 0.379 e. The molecule has 1 N–H and O–H groups in total. The summed E-state index contributed by atoms with van der Waals surface area (Å²) >= 11 is 5.60. The molecule has 2 rings (SSSR count). The highest BCUT2D eigenvalue weighted by Gasteiger charge is 2.33. The molecular formula is C15H16ClF3N2. The molecule has 2 aromatic rings. The number of aromatic nitrogens is 1. The number of aryl methyl sites for hydroxylation is 1. The van der Waals surface area contributed by atoms with Gasteiger partial charge in [0.15, 0.2) is 0 Å². The number of benzene rings is 1. The zero-order chi connectivity index (χ0) is 15.5. The third kappa shape index (κ3) is 3.94. The van der Waals surface area contributed by atoms with Crippen LogP contribution in [0.1, 0.15) is 24.6 Å². The molecule has 0 aliphatic carbocycles. The molecule has 0 amide bonds. The molecule has 0 unspecified atom stereocenters. The van der Waals surface area contributed by atoms with Gasteiger partial charge in [-0.3, -0.25) is 0 Å². The van der Waals surface area contributed by atoms with Gasteiger partial charge in [-0.25, -0.2) is 0 Å². The lowest BCUT2D eigenvalue weighted by molar-refractivity contribution is -0.137. The molecule has 0 aliphatic rings. The number of alkyl halides is 3. The van der Waals surface area contributed by atoms with E-state index in [1.807, 2.05) is 18.3 Å². The molecule has 1 aromatic heterocycles. The van der Waals surface area contributed by atoms with Crippen LogP contribution in [0.25, 0.3) is 0 Å². The van der Waals surface area contributed by atoms with Crippen molar-refractivity contribution in [2.45, 2.75) is 32.6 Å². The van der Waals surface area contributed by atoms with Crippen molar-refractivity contribution in [1.82, 2.24) is 4.57 Å². The van der Waals surface area contributed by atoms with Crippen molar-refractivity contribution in [1.29, 1.82) is 0 Å². The third-order valence-electron chi connectivity index (χ3n) is 3.13. The number of hydrogen-bond acceptors (Lipinski definition) is 1. The maximum Gasteiger partial charge on any atom is 0.417 e. The summed E-state index contributed by atoms with van der Waals surface area (Å²) in [5, 5.41) is 2.72. The predicted octanol–water partition coefficient (Wildman–Crippen LogP) is 5.18. The molecule has 0 radical (unpaired) electrons. The zero-order valence-electron chi connectivity index (χ0n) is 11.5. The van der Waals surface area contributed by atoms with Crippen LogP contribution in [0.4, 0.5) is 18.9 Å². The third-order valence-corrected chi connectivity index (χ3v) is 3.46. The molecule has 0 fully saturated rings. The van der Waals surface area contributed by atoms with E-state index in [4.69, 9.17) is 11.6 Å². The Morgan fingerprint density at radius 3 is 2.67 bits per heavy atom. The predicted molar refractivity (Wildman–Crippen MR) is 78.5 cm³/mol. The van der Waals surface area contributed by atoms with E-state index in [0.717, 1.165) is 24.7 Å². The van der Waals surface area contributed by atoms with Gasteiger partial charge in [0.05, 0.1) is 17.1 Å². The average Bonchev–Trinajstić information content (AvgIpc) is 2.84. The van der Waals surface area contributed by atoms with Crippen LogP contribution >= 0.6 is 11.6 Å². The van der Waals surface area contributed by atoms with E-state index in [1.165, 1.54) is 6.07 Å². The minimum atomic E-state index is -4.45. The minimum Gasteiger partial charge on any atom is -0.379 e. The van der Waals surface area contributed by atoms with Crippen LogP contribution in [0.15, 0.2) is 36.5 Å². The summed E-state index contributed by atoms with van der Waals surface area (Å²) in [5.74, 6) is 0. The van der Waals surface area contributed by atoms with E-state index >= 15 is 0 Å². The summed E-state index contributed by atoms with van der Waals surface area (Å²) in [5.41, 5.74) is 0.606. The fourth-order valence-electron chi connectivity index (χ4n) is 2.11. The number of anilines is 1. The Labute approximate surface area is 126 Å². The van der Waals surface area contributed by atoms with Crippen molar-refractivity contribution in [3.05, 3.63) is 52.8 Å². The zero-order valence-corrected chi connectivity index (χ0v) is 12.3. The van der Waals surface area contributed by atoms with Gasteiger partial charge in [-0.2, -0.15) is 13.2 Å². The first-order valence-electron chi connectivity index (χ1n) is 6.66. The average molecular weight is 317 g/mol. The standard InChI is InChI=1S/C15H16ClF3N2/c1-2-7-21-8-3-4-12(21)10-20-11-5-6-14(16)13(9-11)15(17,18)19/h3-6,8-9,20H,2,7,10H2,1H3. The Morgan fingerprint density at radius 2 is 2.00 bits per heavy atom. The molecule has 21 heavy (non-hydrogen) atoms. The van der Waals surface area contributed by atoms with Crippen molar-refractivity contribution < 1.29 is 13.2 Å². The van der Waals surface area contributed by atoms with Crippen molar-refractivity contribution in [2.24, 2.45) is 0 Å². The van der Waals surface area contributed by atoms with Crippen LogP contribution in [0, 0.1) is 0 Å². The van der Waals surface area contributed by atoms with E-state index < -0.39 is 11.7 Å². The maximum absolute atomic E-state index is 12.8. The minimum absolute atomic E-state index is 0.289. The Bertz CT molecular complexity index is 605. The van der Waals surface area contributed by atoms with Gasteiger partial charge >= 0.3 is 6.18 Å². The van der Waals surface area contributed by atoms with Crippen LogP contribution < -0.4 is 5.32 Å². The monoisotopic (exact) mass is 316 g/mol. The first kappa shape index (κ1) is 15.8. The van der Waals surface area contributed by atoms with E-state index in [9.17, 15) is 13.2 Å². The maximum atomic E-state index is 12.8. The SMILES string of the molecule is CCCn1cccc1CNc1ccc(Cl)c(C(F)(F)F)c1. The van der Waals surface area contributed by atoms with Crippen LogP contribution in [0.2, 0.25) is 5.02 Å². The topological polar surface area (TPSA) is 17.0 Å². The summed E-state index contributed by atoms with van der Waals surface area (Å²) in [4.78, 5) is 0. The Balaban J connectivity index is 2.12. The van der Waals surface area contributed by atoms with E-state index in [2.05, 4.69) is 16.8 Å². The second-order valence-corrected chi connectivity index (χ2v) is 5.15. The number of rotatable bonds is 5. The molecule has 114 valence electrons. The Kier molecular flexibility index (Phi) is 4.83. The van der Waals surface area contributed by atoms with Gasteiger partial charge in [0.2, 0.25) is 0 Å². The Hall–Kier alpha value is -1.62. The molecule has 0 bridgehead atoms. The first-order valence-corrected chi connectivity index (χ1v) is 7.04. The molecule has 1 heterocycles. The van der Waals surface area contributed by atoms with Crippen LogP contribution in [0.3, 0.4) is 0 Å². The van der Waals surface area contributed by atoms with Crippen molar-refractivity contribution in [3.8, 4) is 0 Å². The molecule has 0 saturated carbocycles. The summed E-state index contributed by atoms with van der Waals surface area (Å²) in [6, 6.07) is 7.72. The summed E-state index contributed by atoms with van der Waals surface area (Å²) in [7, 11) is 0. The Morgan fingerprint density at radius 1 is 1.24 bits per heavy atom. The number of nitrogens with one attached hydrogen (secondary N) is 1. The fraction of sp³-hybridized carbons (Fsp3) is 0.333. The largest absolute Gasteiger partial charge is 0.417 e. The van der Waals surface area contributed by atoms with Crippen LogP contribution in [0.5, 0.6) is 0 Å². The fourth-order valence-corrected chi connectivity index (χ4v) is 2.34. The van der Waals surface area contributed by atoms with Crippen molar-refractivity contribution in [2.75, 3.05) is 5.32 Å². The quantitative estimate of drug-likeness (QED) is 0.804. The lowest BCUT2D eigenvalue weighted by atomic mass is 10.2. The highest BCUT2D eigenvalue weighted by Crippen LogP contribution is 2.36. The second-order valence-electron chi connectivity index (χ2n) is 4.74. The molecule has 2 nitrogen and oxygen atoms in total. The van der Waals surface area contributed by atoms with E-state index in [0.29, 0.717) is 12.2 Å². The molecule has 1 aromatic carbocycles. The number of hydrogen-bond donors (Lipinski definition) is 1. The summed E-state index contributed by atoms with van der Waals surface area (Å²) in [6.45, 7) is 3.43. The molecule has 0 atom stereocenters. The van der Waals surface area contributed by atoms with Crippen molar-refractivity contribution in [3.63, 3.8) is 0 Å². The van der Waals surface area contributed by atoms with Crippen LogP contribution in [-0.4, -0.2) is 4.57 Å². The van der Waals surface area contributed by atoms with Gasteiger partial charge < -0.3 is 9.88 Å². The van der Waals surface area contributed by atoms with E-state index in [1.54, 1.807) is 6.07 Å². The molecule has 0 aliphatic heterocycles. The highest BCUT2D eigenvalue weighted by molar-refractivity contribution is 6.31. The summed E-state index contributed by atoms with van der Waals surface area (Å²) < 4.78 is 40.4. The first-order chi connectivity index (χ1) is 9.91. The van der Waals surface area contributed by atoms with Gasteiger partial charge in [0, 0.05) is 24.1 Å². The van der Waals surface area contributed by atoms with Gasteiger partial charge in [0.25, 0.3) is 0 Å². The van der Waals surface area contributed by atoms with Gasteiger partial charge in [0.1, 0.15) is 0 Å². The highest BCUT2D eigenvalue weighted by atomic mass is 35.5. The molecule has 6 heteroatoms.